The van der Waals surface area contributed by atoms with Gasteiger partial charge in [0.1, 0.15) is 0 Å². The second kappa shape index (κ2) is 15.5. The summed E-state index contributed by atoms with van der Waals surface area (Å²) in [5, 5.41) is -0.725. The largest absolute Gasteiger partial charge is 0.308 e. The molecule has 0 amide bonds. The lowest BCUT2D eigenvalue weighted by atomic mass is 9.97. The molecule has 0 fully saturated rings. The molecule has 61 heavy (non-hydrogen) atoms. The lowest BCUT2D eigenvalue weighted by Crippen LogP contribution is -2.04. The van der Waals surface area contributed by atoms with E-state index in [1.807, 2.05) is 36.4 Å². The van der Waals surface area contributed by atoms with Crippen molar-refractivity contribution in [3.8, 4) is 84.4 Å². The molecule has 0 atom stereocenters. The van der Waals surface area contributed by atoms with Crippen LogP contribution in [-0.2, 0) is 0 Å². The zero-order valence-corrected chi connectivity index (χ0v) is 31.5. The molecule has 2 aromatic heterocycles. The first-order valence-corrected chi connectivity index (χ1v) is 18.8. The molecule has 0 N–H and O–H groups in total. The Labute approximate surface area is 385 Å². The maximum absolute atomic E-state index is 9.66. The summed E-state index contributed by atoms with van der Waals surface area (Å²) < 4.78 is 197. The fraction of sp³-hybridized carbons (Fsp3) is 0. The van der Waals surface area contributed by atoms with Gasteiger partial charge in [0.2, 0.25) is 0 Å². The summed E-state index contributed by atoms with van der Waals surface area (Å²) >= 11 is 0. The first-order valence-electron chi connectivity index (χ1n) is 29.8. The van der Waals surface area contributed by atoms with Crippen LogP contribution in [0.2, 0.25) is 0 Å². The number of hydrogen-bond donors (Lipinski definition) is 0. The molecule has 0 aliphatic carbocycles. The highest BCUT2D eigenvalue weighted by atomic mass is 15.1. The van der Waals surface area contributed by atoms with Gasteiger partial charge in [-0.25, -0.2) is 15.0 Å². The molecular weight excluding hydrogens is 741 g/mol. The van der Waals surface area contributed by atoms with Crippen molar-refractivity contribution in [2.24, 2.45) is 0 Å². The van der Waals surface area contributed by atoms with Gasteiger partial charge in [0, 0.05) is 27.5 Å². The Balaban J connectivity index is 1.33. The van der Waals surface area contributed by atoms with E-state index in [1.54, 1.807) is 48.5 Å². The zero-order valence-electron chi connectivity index (χ0n) is 53.5. The van der Waals surface area contributed by atoms with E-state index in [9.17, 15) is 6.85 Å². The van der Waals surface area contributed by atoms with Crippen LogP contribution in [0.1, 0.15) is 30.2 Å². The molecule has 4 heteroatoms. The van der Waals surface area contributed by atoms with E-state index in [0.717, 1.165) is 5.56 Å². The Morgan fingerprint density at radius 1 is 0.328 bits per heavy atom. The van der Waals surface area contributed by atoms with Crippen molar-refractivity contribution in [2.45, 2.75) is 0 Å². The van der Waals surface area contributed by atoms with E-state index >= 15 is 0 Å². The van der Waals surface area contributed by atoms with Crippen molar-refractivity contribution < 1.29 is 30.2 Å². The third kappa shape index (κ3) is 6.76. The summed E-state index contributed by atoms with van der Waals surface area (Å²) in [6.45, 7) is 0. The van der Waals surface area contributed by atoms with Gasteiger partial charge >= 0.3 is 0 Å². The van der Waals surface area contributed by atoms with Crippen LogP contribution in [-0.4, -0.2) is 19.5 Å². The molecule has 0 bridgehead atoms. The SMILES string of the molecule is [2H]c1c([2H])c([2H])c(-c2cccc(-c3ccc(-n4c5c([2H])c([2H])c([2H])c([2H])c5c5c(-c6c([2H])c([2H])c([2H])c([2H])c6[2H])c([2H])c([2H])c([2H])c54)c(-c4nc(-c5cccc(-c6ccccc6)c5)nc(-c5c([2H])c([2H])c([2H])c([2H])c5[2H])n4)c3)c2)c([2H])c1[2H]. The molecule has 9 aromatic carbocycles. The molecule has 4 nitrogen and oxygen atoms in total. The van der Waals surface area contributed by atoms with E-state index in [2.05, 4.69) is 0 Å². The standard InChI is InChI=1S/C57H38N4/c1-5-18-39(19-6-1)43-26-15-28-45(36-43)46-34-35-52(61-51-32-14-13-30-49(51)54-48(31-17-33-53(54)61)41-22-9-3-10-23-41)50(38-46)57-59-55(42-24-11-4-12-25-42)58-56(60-57)47-29-16-27-44(37-47)40-20-7-2-8-21-40/h1-38H/i1D,3D,4D,5D,6D,9D,10D,11D,12D,13D,14D,17D,18D,19D,22D,23D,24D,25D,30D,31D,32D,33D. The summed E-state index contributed by atoms with van der Waals surface area (Å²) in [7, 11) is 0. The summed E-state index contributed by atoms with van der Waals surface area (Å²) in [6.07, 6.45) is 0. The average molecular weight is 801 g/mol. The van der Waals surface area contributed by atoms with Gasteiger partial charge in [-0.2, -0.15) is 0 Å². The van der Waals surface area contributed by atoms with Crippen LogP contribution in [0.25, 0.3) is 106 Å². The Morgan fingerprint density at radius 2 is 0.852 bits per heavy atom. The Morgan fingerprint density at radius 3 is 1.59 bits per heavy atom. The van der Waals surface area contributed by atoms with Crippen molar-refractivity contribution in [3.05, 3.63) is 230 Å². The number of nitrogens with zero attached hydrogens (tertiary/aromatic N) is 4. The summed E-state index contributed by atoms with van der Waals surface area (Å²) in [5.74, 6) is -0.833. The van der Waals surface area contributed by atoms with E-state index < -0.39 is 155 Å². The van der Waals surface area contributed by atoms with Crippen LogP contribution in [0, 0.1) is 0 Å². The number of aromatic nitrogens is 4. The number of rotatable bonds is 8. The van der Waals surface area contributed by atoms with Crippen molar-refractivity contribution in [3.63, 3.8) is 0 Å². The highest BCUT2D eigenvalue weighted by molar-refractivity contribution is 6.16. The van der Waals surface area contributed by atoms with E-state index in [-0.39, 0.29) is 55.8 Å². The minimum absolute atomic E-state index is 0.0800. The second-order valence-electron chi connectivity index (χ2n) is 13.6. The summed E-state index contributed by atoms with van der Waals surface area (Å²) in [4.78, 5) is 14.6. The summed E-state index contributed by atoms with van der Waals surface area (Å²) in [6, 6.07) is 11.5. The summed E-state index contributed by atoms with van der Waals surface area (Å²) in [5.41, 5.74) is 0.109. The normalized spacial score (nSPS) is 16.3. The molecule has 0 aliphatic rings. The predicted octanol–water partition coefficient (Wildman–Crippen LogP) is 14.6. The molecule has 11 rings (SSSR count). The highest BCUT2D eigenvalue weighted by Gasteiger charge is 2.22. The van der Waals surface area contributed by atoms with Crippen molar-refractivity contribution in [1.29, 1.82) is 0 Å². The molecule has 2 heterocycles. The monoisotopic (exact) mass is 800 g/mol. The quantitative estimate of drug-likeness (QED) is 0.154. The fourth-order valence-electron chi connectivity index (χ4n) is 7.28. The topological polar surface area (TPSA) is 43.6 Å². The van der Waals surface area contributed by atoms with E-state index in [1.165, 1.54) is 16.7 Å². The minimum atomic E-state index is -0.828. The van der Waals surface area contributed by atoms with Crippen molar-refractivity contribution >= 4 is 21.8 Å². The van der Waals surface area contributed by atoms with Gasteiger partial charge in [0.15, 0.2) is 17.5 Å². The van der Waals surface area contributed by atoms with E-state index in [0.29, 0.717) is 22.3 Å². The lowest BCUT2D eigenvalue weighted by molar-refractivity contribution is 1.06. The third-order valence-corrected chi connectivity index (χ3v) is 10.0. The van der Waals surface area contributed by atoms with Gasteiger partial charge < -0.3 is 4.57 Å². The first-order chi connectivity index (χ1) is 39.4. The van der Waals surface area contributed by atoms with Crippen LogP contribution in [0.3, 0.4) is 0 Å². The van der Waals surface area contributed by atoms with Crippen LogP contribution in [0.4, 0.5) is 0 Å². The smallest absolute Gasteiger partial charge is 0.166 e. The third-order valence-electron chi connectivity index (χ3n) is 10.0. The molecule has 0 saturated heterocycles. The highest BCUT2D eigenvalue weighted by Crippen LogP contribution is 2.42. The van der Waals surface area contributed by atoms with Gasteiger partial charge in [0.05, 0.1) is 46.9 Å². The van der Waals surface area contributed by atoms with Crippen LogP contribution in [0.15, 0.2) is 230 Å². The Kier molecular flexibility index (Phi) is 5.01. The van der Waals surface area contributed by atoms with Gasteiger partial charge in [-0.3, -0.25) is 0 Å². The molecule has 11 aromatic rings. The number of benzene rings is 9. The fourth-order valence-corrected chi connectivity index (χ4v) is 7.28. The van der Waals surface area contributed by atoms with Gasteiger partial charge in [-0.05, 0) is 80.9 Å². The van der Waals surface area contributed by atoms with Gasteiger partial charge in [0.25, 0.3) is 0 Å². The molecule has 0 saturated carbocycles. The molecule has 0 unspecified atom stereocenters. The number of para-hydroxylation sites is 1. The van der Waals surface area contributed by atoms with Crippen molar-refractivity contribution in [2.75, 3.05) is 0 Å². The van der Waals surface area contributed by atoms with Crippen molar-refractivity contribution in [1.82, 2.24) is 19.5 Å². The van der Waals surface area contributed by atoms with Crippen LogP contribution >= 0.6 is 0 Å². The molecular formula is C57H38N4. The van der Waals surface area contributed by atoms with E-state index in [4.69, 9.17) is 38.3 Å². The number of hydrogen-bond acceptors (Lipinski definition) is 3. The van der Waals surface area contributed by atoms with Crippen LogP contribution < -0.4 is 0 Å². The molecule has 286 valence electrons. The number of fused-ring (bicyclic) bond motifs is 3. The predicted molar refractivity (Wildman–Crippen MR) is 252 cm³/mol. The van der Waals surface area contributed by atoms with Gasteiger partial charge in [-0.1, -0.05) is 194 Å². The molecule has 0 aliphatic heterocycles. The Bertz CT molecular complexity index is 4570. The zero-order chi connectivity index (χ0) is 59.7. The maximum atomic E-state index is 9.66. The molecule has 0 spiro atoms. The molecule has 0 radical (unpaired) electrons. The van der Waals surface area contributed by atoms with Gasteiger partial charge in [-0.15, -0.1) is 0 Å². The first kappa shape index (κ1) is 19.7. The average Bonchev–Trinajstić information content (AvgIpc) is 1.61. The Hall–Kier alpha value is -8.21. The maximum Gasteiger partial charge on any atom is 0.166 e. The minimum Gasteiger partial charge on any atom is -0.308 e. The van der Waals surface area contributed by atoms with Crippen LogP contribution in [0.5, 0.6) is 0 Å². The second-order valence-corrected chi connectivity index (χ2v) is 13.6. The lowest BCUT2D eigenvalue weighted by Gasteiger charge is -2.17.